The molecule has 0 radical (unpaired) electrons. The lowest BCUT2D eigenvalue weighted by atomic mass is 9.83. The highest BCUT2D eigenvalue weighted by molar-refractivity contribution is 6.30. The molecule has 1 saturated heterocycles. The van der Waals surface area contributed by atoms with Crippen LogP contribution in [0, 0.1) is 0 Å². The summed E-state index contributed by atoms with van der Waals surface area (Å²) in [5.74, 6) is -1.25. The van der Waals surface area contributed by atoms with E-state index in [9.17, 15) is 24.0 Å². The molecule has 2 aromatic carbocycles. The number of carbonyl (C=O) groups excluding carboxylic acids is 5. The second kappa shape index (κ2) is 13.3. The van der Waals surface area contributed by atoms with Crippen LogP contribution in [0.2, 0.25) is 0 Å². The number of amides is 3. The van der Waals surface area contributed by atoms with Crippen LogP contribution in [0.4, 0.5) is 5.69 Å². The molecule has 2 atom stereocenters. The van der Waals surface area contributed by atoms with Gasteiger partial charge in [-0.25, -0.2) is 0 Å². The summed E-state index contributed by atoms with van der Waals surface area (Å²) in [6.45, 7) is 3.14. The predicted octanol–water partition coefficient (Wildman–Crippen LogP) is 2.00. The molecule has 0 bridgehead atoms. The fourth-order valence-corrected chi connectivity index (χ4v) is 5.22. The van der Waals surface area contributed by atoms with Gasteiger partial charge in [0.25, 0.3) is 0 Å². The first-order valence-electron chi connectivity index (χ1n) is 14.0. The highest BCUT2D eigenvalue weighted by Crippen LogP contribution is 2.31. The van der Waals surface area contributed by atoms with E-state index in [1.807, 2.05) is 6.92 Å². The van der Waals surface area contributed by atoms with Crippen molar-refractivity contribution in [2.75, 3.05) is 31.5 Å². The number of nitrogens with one attached hydrogen (secondary N) is 3. The third-order valence-electron chi connectivity index (χ3n) is 7.42. The van der Waals surface area contributed by atoms with Crippen molar-refractivity contribution in [2.45, 2.75) is 57.5 Å². The number of unbranched alkanes of at least 4 members (excludes halogenated alkanes) is 1. The van der Waals surface area contributed by atoms with Crippen LogP contribution in [0.5, 0.6) is 0 Å². The number of rotatable bonds is 12. The average molecular weight is 548 g/mol. The molecule has 1 fully saturated rings. The highest BCUT2D eigenvalue weighted by atomic mass is 16.2. The number of nitrogens with two attached hydrogens (primary N) is 1. The van der Waals surface area contributed by atoms with Gasteiger partial charge in [0.2, 0.25) is 17.7 Å². The van der Waals surface area contributed by atoms with Crippen molar-refractivity contribution < 1.29 is 24.0 Å². The minimum atomic E-state index is -0.644. The Morgan fingerprint density at radius 2 is 1.68 bits per heavy atom. The molecule has 1 aliphatic carbocycles. The van der Waals surface area contributed by atoms with Crippen molar-refractivity contribution in [3.8, 4) is 0 Å². The van der Waals surface area contributed by atoms with Crippen molar-refractivity contribution in [3.63, 3.8) is 0 Å². The Labute approximate surface area is 234 Å². The number of ketones is 2. The Morgan fingerprint density at radius 3 is 2.42 bits per heavy atom. The van der Waals surface area contributed by atoms with Crippen molar-refractivity contribution in [3.05, 3.63) is 64.7 Å². The van der Waals surface area contributed by atoms with Crippen LogP contribution in [0.1, 0.15) is 77.3 Å². The van der Waals surface area contributed by atoms with Gasteiger partial charge in [0, 0.05) is 42.0 Å². The summed E-state index contributed by atoms with van der Waals surface area (Å²) >= 11 is 0. The normalized spacial score (nSPS) is 16.6. The number of benzene rings is 2. The zero-order valence-electron chi connectivity index (χ0n) is 22.8. The third kappa shape index (κ3) is 6.39. The molecule has 1 heterocycles. The van der Waals surface area contributed by atoms with Crippen molar-refractivity contribution in [1.82, 2.24) is 15.5 Å². The topological polar surface area (TPSA) is 151 Å². The summed E-state index contributed by atoms with van der Waals surface area (Å²) in [6, 6.07) is 10.8. The quantitative estimate of drug-likeness (QED) is 0.253. The van der Waals surface area contributed by atoms with Gasteiger partial charge in [-0.2, -0.15) is 0 Å². The Balaban J connectivity index is 1.24. The number of fused-ring (bicyclic) bond motifs is 2. The van der Waals surface area contributed by atoms with Gasteiger partial charge in [0.15, 0.2) is 11.6 Å². The molecule has 1 aliphatic heterocycles. The van der Waals surface area contributed by atoms with E-state index < -0.39 is 12.1 Å². The first kappa shape index (κ1) is 28.9. The molecule has 10 heteroatoms. The molecular weight excluding hydrogens is 510 g/mol. The summed E-state index contributed by atoms with van der Waals surface area (Å²) < 4.78 is 0. The molecule has 2 aromatic rings. The maximum Gasteiger partial charge on any atom is 0.242 e. The number of nitrogens with zero attached hydrogens (tertiary/aromatic N) is 1. The monoisotopic (exact) mass is 547 g/mol. The molecule has 2 aliphatic rings. The first-order valence-corrected chi connectivity index (χ1v) is 14.0. The SMILES string of the molecule is CCCC[C@H](N)C(=O)NCC(=O)N1CCC[C@H]1C(=O)NCCCNc1cccc2c1C(=O)c1ccccc1C2=O. The Hall–Kier alpha value is -4.05. The number of anilines is 1. The minimum Gasteiger partial charge on any atom is -0.384 e. The predicted molar refractivity (Wildman–Crippen MR) is 151 cm³/mol. The van der Waals surface area contributed by atoms with Crippen LogP contribution in [0.15, 0.2) is 42.5 Å². The molecule has 0 aromatic heterocycles. The van der Waals surface area contributed by atoms with Crippen LogP contribution < -0.4 is 21.7 Å². The molecule has 3 amide bonds. The molecule has 0 unspecified atom stereocenters. The lowest BCUT2D eigenvalue weighted by Gasteiger charge is -2.24. The second-order valence-corrected chi connectivity index (χ2v) is 10.2. The van der Waals surface area contributed by atoms with E-state index in [0.717, 1.165) is 12.8 Å². The van der Waals surface area contributed by atoms with E-state index in [1.165, 1.54) is 4.90 Å². The molecule has 0 spiro atoms. The van der Waals surface area contributed by atoms with Crippen molar-refractivity contribution in [2.24, 2.45) is 5.73 Å². The molecule has 212 valence electrons. The number of likely N-dealkylation sites (tertiary alicyclic amines) is 1. The van der Waals surface area contributed by atoms with Gasteiger partial charge in [-0.3, -0.25) is 24.0 Å². The smallest absolute Gasteiger partial charge is 0.242 e. The van der Waals surface area contributed by atoms with Crippen LogP contribution in [-0.4, -0.2) is 72.5 Å². The lowest BCUT2D eigenvalue weighted by molar-refractivity contribution is -0.138. The van der Waals surface area contributed by atoms with Gasteiger partial charge in [-0.1, -0.05) is 56.2 Å². The fourth-order valence-electron chi connectivity index (χ4n) is 5.22. The third-order valence-corrected chi connectivity index (χ3v) is 7.42. The molecule has 5 N–H and O–H groups in total. The standard InChI is InChI=1S/C30H37N5O5/c1-2-3-12-22(31)29(39)34-18-25(36)35-17-7-14-24(35)30(40)33-16-8-15-32-23-13-6-11-21-26(23)28(38)20-10-5-4-9-19(20)27(21)37/h4-6,9-11,13,22,24,32H,2-3,7-8,12,14-18,31H2,1H3,(H,33,40)(H,34,39)/t22-,24-/m0/s1. The Bertz CT molecular complexity index is 1290. The van der Waals surface area contributed by atoms with E-state index in [2.05, 4.69) is 16.0 Å². The number of hydrogen-bond donors (Lipinski definition) is 4. The highest BCUT2D eigenvalue weighted by Gasteiger charge is 2.34. The average Bonchev–Trinajstić information content (AvgIpc) is 3.47. The van der Waals surface area contributed by atoms with Gasteiger partial charge in [0.05, 0.1) is 18.2 Å². The van der Waals surface area contributed by atoms with E-state index in [4.69, 9.17) is 5.73 Å². The van der Waals surface area contributed by atoms with Gasteiger partial charge in [0.1, 0.15) is 6.04 Å². The van der Waals surface area contributed by atoms with Gasteiger partial charge >= 0.3 is 0 Å². The minimum absolute atomic E-state index is 0.171. The van der Waals surface area contributed by atoms with E-state index in [-0.39, 0.29) is 35.8 Å². The van der Waals surface area contributed by atoms with E-state index >= 15 is 0 Å². The second-order valence-electron chi connectivity index (χ2n) is 10.2. The largest absolute Gasteiger partial charge is 0.384 e. The Morgan fingerprint density at radius 1 is 0.950 bits per heavy atom. The van der Waals surface area contributed by atoms with Gasteiger partial charge < -0.3 is 26.6 Å². The van der Waals surface area contributed by atoms with Crippen molar-refractivity contribution in [1.29, 1.82) is 0 Å². The van der Waals surface area contributed by atoms with Crippen LogP contribution in [-0.2, 0) is 14.4 Å². The molecule has 10 nitrogen and oxygen atoms in total. The van der Waals surface area contributed by atoms with E-state index in [0.29, 0.717) is 73.3 Å². The zero-order chi connectivity index (χ0) is 28.6. The molecule has 4 rings (SSSR count). The van der Waals surface area contributed by atoms with Crippen molar-refractivity contribution >= 4 is 35.0 Å². The number of carbonyl (C=O) groups is 5. The first-order chi connectivity index (χ1) is 19.3. The summed E-state index contributed by atoms with van der Waals surface area (Å²) in [7, 11) is 0. The van der Waals surface area contributed by atoms with Crippen LogP contribution >= 0.6 is 0 Å². The summed E-state index contributed by atoms with van der Waals surface area (Å²) in [5, 5.41) is 8.72. The van der Waals surface area contributed by atoms with Gasteiger partial charge in [-0.15, -0.1) is 0 Å². The number of hydrogen-bond acceptors (Lipinski definition) is 7. The van der Waals surface area contributed by atoms with Crippen LogP contribution in [0.25, 0.3) is 0 Å². The fraction of sp³-hybridized carbons (Fsp3) is 0.433. The maximum atomic E-state index is 13.1. The van der Waals surface area contributed by atoms with E-state index in [1.54, 1.807) is 42.5 Å². The van der Waals surface area contributed by atoms with Gasteiger partial charge in [-0.05, 0) is 31.7 Å². The molecule has 0 saturated carbocycles. The Kier molecular flexibility index (Phi) is 9.65. The summed E-state index contributed by atoms with van der Waals surface area (Å²) in [4.78, 5) is 65.2. The molecular formula is C30H37N5O5. The summed E-state index contributed by atoms with van der Waals surface area (Å²) in [5.41, 5.74) is 8.01. The lowest BCUT2D eigenvalue weighted by Crippen LogP contribution is -2.50. The molecule has 40 heavy (non-hydrogen) atoms. The van der Waals surface area contributed by atoms with Crippen LogP contribution in [0.3, 0.4) is 0 Å². The maximum absolute atomic E-state index is 13.1. The zero-order valence-corrected chi connectivity index (χ0v) is 22.8. The summed E-state index contributed by atoms with van der Waals surface area (Å²) in [6.07, 6.45) is 4.18.